The molecule has 0 spiro atoms. The first-order valence-corrected chi connectivity index (χ1v) is 5.31. The number of rotatable bonds is 5. The molecule has 0 aliphatic heterocycles. The summed E-state index contributed by atoms with van der Waals surface area (Å²) in [5.41, 5.74) is 0. The number of ether oxygens (including phenoxy) is 1. The Balaban J connectivity index is 3.87. The lowest BCUT2D eigenvalue weighted by Gasteiger charge is -2.16. The molecule has 92 valence electrons. The molecule has 0 unspecified atom stereocenters. The molecule has 0 aromatic carbocycles. The number of carbonyl (C=O) groups excluding carboxylic acids is 3. The highest BCUT2D eigenvalue weighted by atomic mass is 35.5. The van der Waals surface area contributed by atoms with Crippen LogP contribution in [0.3, 0.4) is 0 Å². The van der Waals surface area contributed by atoms with Crippen LogP contribution in [-0.4, -0.2) is 48.9 Å². The van der Waals surface area contributed by atoms with E-state index >= 15 is 0 Å². The van der Waals surface area contributed by atoms with Crippen molar-refractivity contribution >= 4 is 29.5 Å². The number of urea groups is 1. The van der Waals surface area contributed by atoms with Crippen LogP contribution in [0.1, 0.15) is 13.3 Å². The third kappa shape index (κ3) is 6.23. The van der Waals surface area contributed by atoms with Crippen LogP contribution in [0.15, 0.2) is 0 Å². The molecule has 0 fully saturated rings. The Bertz CT molecular complexity index is 270. The van der Waals surface area contributed by atoms with Crippen molar-refractivity contribution in [2.24, 2.45) is 0 Å². The zero-order valence-electron chi connectivity index (χ0n) is 9.29. The number of esters is 1. The predicted molar refractivity (Wildman–Crippen MR) is 58.1 cm³/mol. The first-order chi connectivity index (χ1) is 7.51. The summed E-state index contributed by atoms with van der Waals surface area (Å²) in [7, 11) is 1.47. The number of nitrogens with one attached hydrogen (secondary N) is 1. The number of carbonyl (C=O) groups is 3. The van der Waals surface area contributed by atoms with Gasteiger partial charge < -0.3 is 9.64 Å². The van der Waals surface area contributed by atoms with E-state index in [9.17, 15) is 14.4 Å². The molecule has 0 aliphatic carbocycles. The summed E-state index contributed by atoms with van der Waals surface area (Å²) in [6, 6.07) is -0.588. The van der Waals surface area contributed by atoms with Gasteiger partial charge in [-0.15, -0.1) is 11.6 Å². The van der Waals surface area contributed by atoms with Crippen LogP contribution in [-0.2, 0) is 14.3 Å². The fraction of sp³-hybridized carbons (Fsp3) is 0.667. The number of hydrogen-bond donors (Lipinski definition) is 1. The topological polar surface area (TPSA) is 75.7 Å². The summed E-state index contributed by atoms with van der Waals surface area (Å²) in [5, 5.41) is 2.05. The van der Waals surface area contributed by atoms with Crippen LogP contribution < -0.4 is 5.32 Å². The summed E-state index contributed by atoms with van der Waals surface area (Å²) in [4.78, 5) is 34.2. The van der Waals surface area contributed by atoms with Gasteiger partial charge in [-0.2, -0.15) is 0 Å². The highest BCUT2D eigenvalue weighted by Gasteiger charge is 2.13. The lowest BCUT2D eigenvalue weighted by molar-refractivity contribution is -0.143. The Morgan fingerprint density at radius 2 is 2.00 bits per heavy atom. The first-order valence-electron chi connectivity index (χ1n) is 4.77. The molecule has 1 N–H and O–H groups in total. The molecule has 0 radical (unpaired) electrons. The zero-order valence-corrected chi connectivity index (χ0v) is 10.0. The number of nitrogens with zero attached hydrogens (tertiary/aromatic N) is 1. The summed E-state index contributed by atoms with van der Waals surface area (Å²) in [5.74, 6) is -1.24. The lowest BCUT2D eigenvalue weighted by atomic mass is 10.4. The third-order valence-corrected chi connectivity index (χ3v) is 1.91. The Morgan fingerprint density at radius 3 is 2.50 bits per heavy atom. The zero-order chi connectivity index (χ0) is 12.6. The molecule has 0 rings (SSSR count). The Kier molecular flexibility index (Phi) is 7.28. The van der Waals surface area contributed by atoms with E-state index in [0.717, 1.165) is 0 Å². The Morgan fingerprint density at radius 1 is 1.38 bits per heavy atom. The number of halogens is 1. The number of hydrogen-bond acceptors (Lipinski definition) is 4. The van der Waals surface area contributed by atoms with Gasteiger partial charge in [0.2, 0.25) is 5.91 Å². The Hall–Kier alpha value is -1.30. The molecule has 0 saturated heterocycles. The summed E-state index contributed by atoms with van der Waals surface area (Å²) < 4.78 is 4.69. The molecule has 0 aromatic rings. The van der Waals surface area contributed by atoms with Gasteiger partial charge in [0.25, 0.3) is 0 Å². The van der Waals surface area contributed by atoms with Crippen molar-refractivity contribution in [1.82, 2.24) is 10.2 Å². The quantitative estimate of drug-likeness (QED) is 0.564. The van der Waals surface area contributed by atoms with Gasteiger partial charge in [-0.25, -0.2) is 4.79 Å². The SMILES string of the molecule is CCOC(=O)CCN(C)C(=O)NC(=O)CCl. The van der Waals surface area contributed by atoms with Crippen molar-refractivity contribution in [3.8, 4) is 0 Å². The molecule has 0 saturated carbocycles. The van der Waals surface area contributed by atoms with Crippen LogP contribution in [0, 0.1) is 0 Å². The molecule has 7 heteroatoms. The van der Waals surface area contributed by atoms with E-state index in [4.69, 9.17) is 11.6 Å². The van der Waals surface area contributed by atoms with E-state index in [0.29, 0.717) is 6.61 Å². The fourth-order valence-corrected chi connectivity index (χ4v) is 0.909. The van der Waals surface area contributed by atoms with Crippen LogP contribution >= 0.6 is 11.6 Å². The third-order valence-electron chi connectivity index (χ3n) is 1.67. The molecular weight excluding hydrogens is 236 g/mol. The minimum Gasteiger partial charge on any atom is -0.466 e. The summed E-state index contributed by atoms with van der Waals surface area (Å²) in [6.07, 6.45) is 0.0901. The van der Waals surface area contributed by atoms with E-state index in [2.05, 4.69) is 4.74 Å². The van der Waals surface area contributed by atoms with E-state index in [1.54, 1.807) is 6.92 Å². The second-order valence-electron chi connectivity index (χ2n) is 2.96. The molecule has 16 heavy (non-hydrogen) atoms. The van der Waals surface area contributed by atoms with Crippen molar-refractivity contribution < 1.29 is 19.1 Å². The van der Waals surface area contributed by atoms with Gasteiger partial charge >= 0.3 is 12.0 Å². The van der Waals surface area contributed by atoms with Crippen molar-refractivity contribution in [3.63, 3.8) is 0 Å². The van der Waals surface area contributed by atoms with Gasteiger partial charge in [0.1, 0.15) is 5.88 Å². The fourth-order valence-electron chi connectivity index (χ4n) is 0.842. The van der Waals surface area contributed by atoms with Gasteiger partial charge in [-0.05, 0) is 6.92 Å². The van der Waals surface area contributed by atoms with Gasteiger partial charge in [-0.1, -0.05) is 0 Å². The molecule has 0 aliphatic rings. The molecule has 3 amide bonds. The van der Waals surface area contributed by atoms with Crippen molar-refractivity contribution in [1.29, 1.82) is 0 Å². The van der Waals surface area contributed by atoms with Gasteiger partial charge in [0.15, 0.2) is 0 Å². The maximum atomic E-state index is 11.3. The minimum absolute atomic E-state index is 0.0901. The largest absolute Gasteiger partial charge is 0.466 e. The molecule has 0 aromatic heterocycles. The standard InChI is InChI=1S/C9H15ClN2O4/c1-3-16-8(14)4-5-12(2)9(15)11-7(13)6-10/h3-6H2,1-2H3,(H,11,13,15). The van der Waals surface area contributed by atoms with Crippen LogP contribution in [0.5, 0.6) is 0 Å². The lowest BCUT2D eigenvalue weighted by Crippen LogP contribution is -2.42. The monoisotopic (exact) mass is 250 g/mol. The molecule has 0 atom stereocenters. The maximum Gasteiger partial charge on any atom is 0.323 e. The second-order valence-corrected chi connectivity index (χ2v) is 3.23. The van der Waals surface area contributed by atoms with Crippen LogP contribution in [0.25, 0.3) is 0 Å². The van der Waals surface area contributed by atoms with Gasteiger partial charge in [0, 0.05) is 13.6 Å². The van der Waals surface area contributed by atoms with Crippen molar-refractivity contribution in [3.05, 3.63) is 0 Å². The van der Waals surface area contributed by atoms with Crippen molar-refractivity contribution in [2.75, 3.05) is 26.1 Å². The maximum absolute atomic E-state index is 11.3. The van der Waals surface area contributed by atoms with E-state index in [1.165, 1.54) is 11.9 Å². The molecular formula is C9H15ClN2O4. The number of amides is 3. The summed E-state index contributed by atoms with van der Waals surface area (Å²) in [6.45, 7) is 2.19. The predicted octanol–water partition coefficient (Wildman–Crippen LogP) is 0.346. The smallest absolute Gasteiger partial charge is 0.323 e. The van der Waals surface area contributed by atoms with E-state index < -0.39 is 11.9 Å². The summed E-state index contributed by atoms with van der Waals surface area (Å²) >= 11 is 5.21. The van der Waals surface area contributed by atoms with Crippen molar-refractivity contribution in [2.45, 2.75) is 13.3 Å². The van der Waals surface area contributed by atoms with E-state index in [-0.39, 0.29) is 24.8 Å². The minimum atomic E-state index is -0.588. The average molecular weight is 251 g/mol. The van der Waals surface area contributed by atoms with Crippen LogP contribution in [0.4, 0.5) is 4.79 Å². The highest BCUT2D eigenvalue weighted by molar-refractivity contribution is 6.28. The van der Waals surface area contributed by atoms with Crippen LogP contribution in [0.2, 0.25) is 0 Å². The van der Waals surface area contributed by atoms with Gasteiger partial charge in [0.05, 0.1) is 13.0 Å². The highest BCUT2D eigenvalue weighted by Crippen LogP contribution is 1.92. The van der Waals surface area contributed by atoms with E-state index in [1.807, 2.05) is 5.32 Å². The average Bonchev–Trinajstić information content (AvgIpc) is 2.25. The molecule has 0 bridgehead atoms. The number of imide groups is 1. The number of alkyl halides is 1. The van der Waals surface area contributed by atoms with Gasteiger partial charge in [-0.3, -0.25) is 14.9 Å². The normalized spacial score (nSPS) is 9.44. The Labute approximate surface area is 98.9 Å². The first kappa shape index (κ1) is 14.7. The second kappa shape index (κ2) is 7.92. The molecule has 0 heterocycles. The molecule has 6 nitrogen and oxygen atoms in total.